The SMILES string of the molecule is COc1cc(OC)cc(C(=O)N2CCN(S(=O)(=O)c3ccc(F)cc3F)CC2)c1. The quantitative estimate of drug-likeness (QED) is 0.732. The Morgan fingerprint density at radius 1 is 0.931 bits per heavy atom. The fraction of sp³-hybridized carbons (Fsp3) is 0.316. The molecule has 0 saturated carbocycles. The van der Waals surface area contributed by atoms with Crippen LogP contribution in [0.4, 0.5) is 8.78 Å². The Morgan fingerprint density at radius 2 is 1.52 bits per heavy atom. The third-order valence-electron chi connectivity index (χ3n) is 4.64. The molecule has 0 radical (unpaired) electrons. The average Bonchev–Trinajstić information content (AvgIpc) is 2.72. The number of ether oxygens (including phenoxy) is 2. The van der Waals surface area contributed by atoms with Gasteiger partial charge in [-0.05, 0) is 24.3 Å². The van der Waals surface area contributed by atoms with Gasteiger partial charge in [0.05, 0.1) is 14.2 Å². The summed E-state index contributed by atoms with van der Waals surface area (Å²) in [4.78, 5) is 13.7. The maximum atomic E-state index is 13.9. The molecule has 0 bridgehead atoms. The second-order valence-corrected chi connectivity index (χ2v) is 8.28. The van der Waals surface area contributed by atoms with Crippen molar-refractivity contribution in [3.63, 3.8) is 0 Å². The number of hydrogen-bond acceptors (Lipinski definition) is 5. The number of hydrogen-bond donors (Lipinski definition) is 0. The molecule has 2 aromatic carbocycles. The molecule has 0 spiro atoms. The minimum absolute atomic E-state index is 0.00794. The van der Waals surface area contributed by atoms with E-state index < -0.39 is 26.6 Å². The van der Waals surface area contributed by atoms with E-state index >= 15 is 0 Å². The lowest BCUT2D eigenvalue weighted by Crippen LogP contribution is -2.50. The van der Waals surface area contributed by atoms with Gasteiger partial charge in [0.25, 0.3) is 5.91 Å². The molecular weight excluding hydrogens is 406 g/mol. The zero-order valence-corrected chi connectivity index (χ0v) is 16.7. The normalized spacial score (nSPS) is 15.2. The standard InChI is InChI=1S/C19H20F2N2O5S/c1-27-15-9-13(10-16(12-15)28-2)19(24)22-5-7-23(8-6-22)29(25,26)18-4-3-14(20)11-17(18)21/h3-4,9-12H,5-8H2,1-2H3. The molecule has 1 aliphatic heterocycles. The molecule has 1 amide bonds. The highest BCUT2D eigenvalue weighted by atomic mass is 32.2. The van der Waals surface area contributed by atoms with Gasteiger partial charge in [-0.1, -0.05) is 0 Å². The van der Waals surface area contributed by atoms with Crippen molar-refractivity contribution in [3.8, 4) is 11.5 Å². The third-order valence-corrected chi connectivity index (χ3v) is 6.57. The largest absolute Gasteiger partial charge is 0.497 e. The van der Waals surface area contributed by atoms with Crippen LogP contribution >= 0.6 is 0 Å². The highest BCUT2D eigenvalue weighted by Crippen LogP contribution is 2.25. The number of sulfonamides is 1. The highest BCUT2D eigenvalue weighted by molar-refractivity contribution is 7.89. The van der Waals surface area contributed by atoms with Crippen LogP contribution in [0.25, 0.3) is 0 Å². The van der Waals surface area contributed by atoms with Crippen LogP contribution in [0.3, 0.4) is 0 Å². The van der Waals surface area contributed by atoms with Gasteiger partial charge in [0.1, 0.15) is 28.0 Å². The van der Waals surface area contributed by atoms with Gasteiger partial charge in [-0.25, -0.2) is 17.2 Å². The second kappa shape index (κ2) is 8.34. The number of methoxy groups -OCH3 is 2. The maximum absolute atomic E-state index is 13.9. The van der Waals surface area contributed by atoms with E-state index in [1.54, 1.807) is 18.2 Å². The highest BCUT2D eigenvalue weighted by Gasteiger charge is 2.32. The first-order valence-corrected chi connectivity index (χ1v) is 10.2. The van der Waals surface area contributed by atoms with Crippen LogP contribution in [0.5, 0.6) is 11.5 Å². The van der Waals surface area contributed by atoms with Gasteiger partial charge in [-0.15, -0.1) is 0 Å². The van der Waals surface area contributed by atoms with Crippen LogP contribution in [-0.2, 0) is 10.0 Å². The molecule has 3 rings (SSSR count). The number of halogens is 2. The first-order chi connectivity index (χ1) is 13.8. The van der Waals surface area contributed by atoms with Gasteiger partial charge < -0.3 is 14.4 Å². The fourth-order valence-corrected chi connectivity index (χ4v) is 4.54. The average molecular weight is 426 g/mol. The molecule has 0 unspecified atom stereocenters. The zero-order chi connectivity index (χ0) is 21.2. The van der Waals surface area contributed by atoms with Crippen LogP contribution in [0.2, 0.25) is 0 Å². The molecule has 1 saturated heterocycles. The molecule has 156 valence electrons. The van der Waals surface area contributed by atoms with E-state index in [4.69, 9.17) is 9.47 Å². The minimum Gasteiger partial charge on any atom is -0.497 e. The summed E-state index contributed by atoms with van der Waals surface area (Å²) in [7, 11) is -1.18. The van der Waals surface area contributed by atoms with E-state index in [1.807, 2.05) is 0 Å². The summed E-state index contributed by atoms with van der Waals surface area (Å²) in [5.74, 6) is -1.38. The summed E-state index contributed by atoms with van der Waals surface area (Å²) in [5, 5.41) is 0. The minimum atomic E-state index is -4.13. The third kappa shape index (κ3) is 4.33. The molecule has 1 aliphatic rings. The predicted molar refractivity (Wildman–Crippen MR) is 101 cm³/mol. The second-order valence-electron chi connectivity index (χ2n) is 6.37. The summed E-state index contributed by atoms with van der Waals surface area (Å²) in [6, 6.07) is 7.11. The lowest BCUT2D eigenvalue weighted by Gasteiger charge is -2.34. The number of piperazine rings is 1. The molecule has 1 fully saturated rings. The summed E-state index contributed by atoms with van der Waals surface area (Å²) in [6.07, 6.45) is 0. The first-order valence-electron chi connectivity index (χ1n) is 8.74. The Hall–Kier alpha value is -2.72. The summed E-state index contributed by atoms with van der Waals surface area (Å²) in [6.45, 7) is 0.235. The molecule has 0 atom stereocenters. The molecule has 29 heavy (non-hydrogen) atoms. The predicted octanol–water partition coefficient (Wildman–Crippen LogP) is 2.13. The number of carbonyl (C=O) groups is 1. The molecule has 7 nitrogen and oxygen atoms in total. The van der Waals surface area contributed by atoms with E-state index in [0.717, 1.165) is 16.4 Å². The number of benzene rings is 2. The molecular formula is C19H20F2N2O5S. The summed E-state index contributed by atoms with van der Waals surface area (Å²) < 4.78 is 63.7. The lowest BCUT2D eigenvalue weighted by molar-refractivity contribution is 0.0697. The Kier molecular flexibility index (Phi) is 6.04. The van der Waals surface area contributed by atoms with E-state index in [2.05, 4.69) is 0 Å². The number of nitrogens with zero attached hydrogens (tertiary/aromatic N) is 2. The number of amides is 1. The van der Waals surface area contributed by atoms with E-state index in [-0.39, 0.29) is 32.1 Å². The number of carbonyl (C=O) groups excluding carboxylic acids is 1. The van der Waals surface area contributed by atoms with Crippen LogP contribution in [0.1, 0.15) is 10.4 Å². The van der Waals surface area contributed by atoms with Crippen molar-refractivity contribution in [1.29, 1.82) is 0 Å². The summed E-state index contributed by atoms with van der Waals surface area (Å²) >= 11 is 0. The van der Waals surface area contributed by atoms with Crippen LogP contribution in [0, 0.1) is 11.6 Å². The van der Waals surface area contributed by atoms with Crippen molar-refractivity contribution in [3.05, 3.63) is 53.6 Å². The molecule has 0 aromatic heterocycles. The van der Waals surface area contributed by atoms with Gasteiger partial charge in [-0.2, -0.15) is 4.31 Å². The van der Waals surface area contributed by atoms with Crippen molar-refractivity contribution < 1.29 is 31.5 Å². The van der Waals surface area contributed by atoms with Gasteiger partial charge in [-0.3, -0.25) is 4.79 Å². The maximum Gasteiger partial charge on any atom is 0.254 e. The molecule has 1 heterocycles. The lowest BCUT2D eigenvalue weighted by atomic mass is 10.1. The van der Waals surface area contributed by atoms with Gasteiger partial charge in [0, 0.05) is 43.9 Å². The van der Waals surface area contributed by atoms with E-state index in [9.17, 15) is 22.0 Å². The number of rotatable bonds is 5. The van der Waals surface area contributed by atoms with Crippen molar-refractivity contribution in [2.24, 2.45) is 0 Å². The van der Waals surface area contributed by atoms with Gasteiger partial charge in [0.2, 0.25) is 10.0 Å². The fourth-order valence-electron chi connectivity index (χ4n) is 3.07. The molecule has 2 aromatic rings. The molecule has 0 aliphatic carbocycles. The van der Waals surface area contributed by atoms with Crippen molar-refractivity contribution in [1.82, 2.24) is 9.21 Å². The zero-order valence-electron chi connectivity index (χ0n) is 15.9. The van der Waals surface area contributed by atoms with Gasteiger partial charge >= 0.3 is 0 Å². The van der Waals surface area contributed by atoms with Crippen LogP contribution < -0.4 is 9.47 Å². The van der Waals surface area contributed by atoms with Crippen LogP contribution in [-0.4, -0.2) is 63.9 Å². The monoisotopic (exact) mass is 426 g/mol. The van der Waals surface area contributed by atoms with E-state index in [1.165, 1.54) is 19.1 Å². The summed E-state index contributed by atoms with van der Waals surface area (Å²) in [5.41, 5.74) is 0.349. The Morgan fingerprint density at radius 3 is 2.03 bits per heavy atom. The van der Waals surface area contributed by atoms with Crippen molar-refractivity contribution in [2.45, 2.75) is 4.90 Å². The first kappa shape index (κ1) is 21.0. The topological polar surface area (TPSA) is 76.2 Å². The van der Waals surface area contributed by atoms with Gasteiger partial charge in [0.15, 0.2) is 0 Å². The molecule has 0 N–H and O–H groups in total. The smallest absolute Gasteiger partial charge is 0.254 e. The Bertz CT molecular complexity index is 999. The Balaban J connectivity index is 1.74. The van der Waals surface area contributed by atoms with Crippen molar-refractivity contribution in [2.75, 3.05) is 40.4 Å². The van der Waals surface area contributed by atoms with Crippen molar-refractivity contribution >= 4 is 15.9 Å². The Labute approximate surface area is 167 Å². The van der Waals surface area contributed by atoms with E-state index in [0.29, 0.717) is 23.1 Å². The van der Waals surface area contributed by atoms with Crippen LogP contribution in [0.15, 0.2) is 41.3 Å². The molecule has 10 heteroatoms.